The van der Waals surface area contributed by atoms with Crippen molar-refractivity contribution in [1.82, 2.24) is 5.32 Å². The fourth-order valence-electron chi connectivity index (χ4n) is 0.685. The highest BCUT2D eigenvalue weighted by Gasteiger charge is 1.97. The fraction of sp³-hybridized carbons (Fsp3) is 0.143. The summed E-state index contributed by atoms with van der Waals surface area (Å²) in [5.74, 6) is 0. The first kappa shape index (κ1) is 5.95. The van der Waals surface area contributed by atoms with Crippen LogP contribution in [-0.2, 0) is 0 Å². The van der Waals surface area contributed by atoms with Crippen molar-refractivity contribution < 1.29 is 0 Å². The molecule has 0 spiro atoms. The third-order valence-electron chi connectivity index (χ3n) is 1.22. The summed E-state index contributed by atoms with van der Waals surface area (Å²) < 4.78 is 0. The lowest BCUT2D eigenvalue weighted by atomic mass is 10.1. The van der Waals surface area contributed by atoms with Crippen molar-refractivity contribution in [2.45, 2.75) is 6.42 Å². The summed E-state index contributed by atoms with van der Waals surface area (Å²) in [7, 11) is 0. The molecule has 0 aromatic rings. The second-order valence-electron chi connectivity index (χ2n) is 1.97. The highest BCUT2D eigenvalue weighted by molar-refractivity contribution is 5.29. The molecule has 0 amide bonds. The van der Waals surface area contributed by atoms with Crippen LogP contribution >= 0.6 is 0 Å². The summed E-state index contributed by atoms with van der Waals surface area (Å²) in [6.07, 6.45) is 6.64. The van der Waals surface area contributed by atoms with E-state index in [9.17, 15) is 0 Å². The van der Waals surface area contributed by atoms with Gasteiger partial charge < -0.3 is 11.1 Å². The molecule has 0 saturated carbocycles. The van der Waals surface area contributed by atoms with Crippen molar-refractivity contribution in [3.63, 3.8) is 0 Å². The van der Waals surface area contributed by atoms with Gasteiger partial charge in [0.1, 0.15) is 0 Å². The van der Waals surface area contributed by atoms with Gasteiger partial charge in [-0.15, -0.1) is 0 Å². The Balaban J connectivity index is 2.61. The maximum atomic E-state index is 5.43. The molecule has 0 aromatic carbocycles. The van der Waals surface area contributed by atoms with Crippen LogP contribution in [0.5, 0.6) is 0 Å². The fourth-order valence-corrected chi connectivity index (χ4v) is 0.685. The Labute approximate surface area is 54.7 Å². The van der Waals surface area contributed by atoms with Crippen LogP contribution in [-0.4, -0.2) is 0 Å². The molecule has 2 nitrogen and oxygen atoms in total. The first-order chi connectivity index (χ1) is 4.30. The predicted molar refractivity (Wildman–Crippen MR) is 38.3 cm³/mol. The van der Waals surface area contributed by atoms with Gasteiger partial charge in [0.25, 0.3) is 0 Å². The number of nitrogens with two attached hydrogens (primary N) is 1. The largest absolute Gasteiger partial charge is 0.399 e. The molecule has 1 aliphatic rings. The molecule has 0 bridgehead atoms. The zero-order chi connectivity index (χ0) is 6.69. The maximum Gasteiger partial charge on any atom is 0.0291 e. The average Bonchev–Trinajstić information content (AvgIpc) is 1.90. The van der Waals surface area contributed by atoms with Gasteiger partial charge in [-0.25, -0.2) is 0 Å². The van der Waals surface area contributed by atoms with Gasteiger partial charge in [-0.3, -0.25) is 0 Å². The number of hydrogen-bond acceptors (Lipinski definition) is 2. The van der Waals surface area contributed by atoms with E-state index in [1.54, 1.807) is 0 Å². The first-order valence-electron chi connectivity index (χ1n) is 2.85. The molecule has 0 saturated heterocycles. The molecule has 0 atom stereocenters. The summed E-state index contributed by atoms with van der Waals surface area (Å²) in [5, 5.41) is 2.93. The van der Waals surface area contributed by atoms with Crippen molar-refractivity contribution in [3.05, 3.63) is 36.3 Å². The van der Waals surface area contributed by atoms with Gasteiger partial charge in [-0.2, -0.15) is 0 Å². The van der Waals surface area contributed by atoms with Crippen LogP contribution in [0.1, 0.15) is 6.42 Å². The van der Waals surface area contributed by atoms with Crippen LogP contribution in [0.3, 0.4) is 0 Å². The molecule has 0 aromatic heterocycles. The zero-order valence-electron chi connectivity index (χ0n) is 5.22. The van der Waals surface area contributed by atoms with Gasteiger partial charge in [0.15, 0.2) is 0 Å². The van der Waals surface area contributed by atoms with Gasteiger partial charge in [0, 0.05) is 11.9 Å². The standard InChI is InChI=1S/C7H10N2/c1-6(8)7-3-2-4-9-5-7/h2,4-5,9H,1,3,8H2. The quantitative estimate of drug-likeness (QED) is 0.541. The summed E-state index contributed by atoms with van der Waals surface area (Å²) in [6, 6.07) is 0. The number of nitrogens with one attached hydrogen (secondary N) is 1. The number of hydrogen-bond donors (Lipinski definition) is 2. The number of allylic oxidation sites excluding steroid dienone is 2. The Morgan fingerprint density at radius 3 is 2.89 bits per heavy atom. The lowest BCUT2D eigenvalue weighted by Crippen LogP contribution is -2.06. The van der Waals surface area contributed by atoms with E-state index < -0.39 is 0 Å². The van der Waals surface area contributed by atoms with Gasteiger partial charge in [0.2, 0.25) is 0 Å². The van der Waals surface area contributed by atoms with Crippen LogP contribution in [0.2, 0.25) is 0 Å². The van der Waals surface area contributed by atoms with E-state index in [2.05, 4.69) is 11.9 Å². The van der Waals surface area contributed by atoms with E-state index in [4.69, 9.17) is 5.73 Å². The van der Waals surface area contributed by atoms with Gasteiger partial charge >= 0.3 is 0 Å². The topological polar surface area (TPSA) is 38.0 Å². The van der Waals surface area contributed by atoms with Gasteiger partial charge in [-0.1, -0.05) is 12.7 Å². The highest BCUT2D eigenvalue weighted by atomic mass is 14.8. The Morgan fingerprint density at radius 2 is 2.56 bits per heavy atom. The predicted octanol–water partition coefficient (Wildman–Crippen LogP) is 0.850. The first-order valence-corrected chi connectivity index (χ1v) is 2.85. The van der Waals surface area contributed by atoms with Crippen molar-refractivity contribution in [2.75, 3.05) is 0 Å². The molecule has 1 heterocycles. The number of dihydropyridines is 1. The van der Waals surface area contributed by atoms with E-state index >= 15 is 0 Å². The molecule has 0 aliphatic carbocycles. The minimum atomic E-state index is 0.645. The average molecular weight is 122 g/mol. The van der Waals surface area contributed by atoms with Crippen LogP contribution in [0.4, 0.5) is 0 Å². The second kappa shape index (κ2) is 2.40. The van der Waals surface area contributed by atoms with Crippen LogP contribution in [0.15, 0.2) is 36.3 Å². The SMILES string of the molecule is C=C(N)C1=CNC=CC1. The third kappa shape index (κ3) is 1.35. The summed E-state index contributed by atoms with van der Waals surface area (Å²) in [6.45, 7) is 3.61. The zero-order valence-corrected chi connectivity index (χ0v) is 5.22. The molecule has 1 aliphatic heterocycles. The van der Waals surface area contributed by atoms with E-state index in [0.717, 1.165) is 12.0 Å². The number of rotatable bonds is 1. The van der Waals surface area contributed by atoms with Crippen molar-refractivity contribution in [3.8, 4) is 0 Å². The Hall–Kier alpha value is -1.18. The van der Waals surface area contributed by atoms with E-state index in [-0.39, 0.29) is 0 Å². The van der Waals surface area contributed by atoms with E-state index in [1.807, 2.05) is 18.5 Å². The van der Waals surface area contributed by atoms with Crippen LogP contribution in [0, 0.1) is 0 Å². The summed E-state index contributed by atoms with van der Waals surface area (Å²) in [5.41, 5.74) is 7.14. The third-order valence-corrected chi connectivity index (χ3v) is 1.22. The molecule has 9 heavy (non-hydrogen) atoms. The monoisotopic (exact) mass is 122 g/mol. The Morgan fingerprint density at radius 1 is 1.78 bits per heavy atom. The van der Waals surface area contributed by atoms with Crippen LogP contribution < -0.4 is 11.1 Å². The lowest BCUT2D eigenvalue weighted by molar-refractivity contribution is 1.04. The van der Waals surface area contributed by atoms with Gasteiger partial charge in [0.05, 0.1) is 0 Å². The molecule has 48 valence electrons. The van der Waals surface area contributed by atoms with Crippen molar-refractivity contribution >= 4 is 0 Å². The van der Waals surface area contributed by atoms with Crippen LogP contribution in [0.25, 0.3) is 0 Å². The highest BCUT2D eigenvalue weighted by Crippen LogP contribution is 2.08. The summed E-state index contributed by atoms with van der Waals surface area (Å²) in [4.78, 5) is 0. The van der Waals surface area contributed by atoms with Crippen molar-refractivity contribution in [2.24, 2.45) is 5.73 Å². The van der Waals surface area contributed by atoms with Crippen molar-refractivity contribution in [1.29, 1.82) is 0 Å². The van der Waals surface area contributed by atoms with E-state index in [0.29, 0.717) is 5.70 Å². The molecular weight excluding hydrogens is 112 g/mol. The van der Waals surface area contributed by atoms with Gasteiger partial charge in [-0.05, 0) is 18.2 Å². The molecule has 3 N–H and O–H groups in total. The second-order valence-corrected chi connectivity index (χ2v) is 1.97. The molecule has 0 unspecified atom stereocenters. The van der Waals surface area contributed by atoms with E-state index in [1.165, 1.54) is 0 Å². The minimum absolute atomic E-state index is 0.645. The molecule has 1 rings (SSSR count). The Bertz CT molecular complexity index is 177. The minimum Gasteiger partial charge on any atom is -0.399 e. The lowest BCUT2D eigenvalue weighted by Gasteiger charge is -2.07. The molecular formula is C7H10N2. The Kier molecular flexibility index (Phi) is 1.58. The molecule has 2 heteroatoms. The normalized spacial score (nSPS) is 16.2. The smallest absolute Gasteiger partial charge is 0.0291 e. The summed E-state index contributed by atoms with van der Waals surface area (Å²) >= 11 is 0. The molecule has 0 fully saturated rings. The maximum absolute atomic E-state index is 5.43. The molecule has 0 radical (unpaired) electrons.